The van der Waals surface area contributed by atoms with Crippen molar-refractivity contribution in [2.24, 2.45) is 0 Å². The largest absolute Gasteiger partial charge is 0.487 e. The first-order chi connectivity index (χ1) is 10.1. The van der Waals surface area contributed by atoms with Crippen LogP contribution in [-0.4, -0.2) is 12.6 Å². The SMILES string of the molecule is C=C(Cl)COc1c(C(C)NC2CC2)ccc2ccccc12. The molecule has 0 heterocycles. The van der Waals surface area contributed by atoms with Crippen LogP contribution in [0.1, 0.15) is 31.4 Å². The molecule has 1 fully saturated rings. The molecule has 0 radical (unpaired) electrons. The van der Waals surface area contributed by atoms with E-state index in [-0.39, 0.29) is 6.04 Å². The molecule has 21 heavy (non-hydrogen) atoms. The van der Waals surface area contributed by atoms with Crippen LogP contribution in [0, 0.1) is 0 Å². The molecule has 1 unspecified atom stereocenters. The van der Waals surface area contributed by atoms with Gasteiger partial charge in [0.25, 0.3) is 0 Å². The molecule has 110 valence electrons. The number of hydrogen-bond donors (Lipinski definition) is 1. The van der Waals surface area contributed by atoms with E-state index in [1.807, 2.05) is 12.1 Å². The fraction of sp³-hybridized carbons (Fsp3) is 0.333. The molecular formula is C18H20ClNO. The zero-order chi connectivity index (χ0) is 14.8. The highest BCUT2D eigenvalue weighted by Gasteiger charge is 2.25. The standard InChI is InChI=1S/C18H20ClNO/c1-12(19)11-21-18-16(13(2)20-15-8-9-15)10-7-14-5-3-4-6-17(14)18/h3-7,10,13,15,20H,1,8-9,11H2,2H3. The van der Waals surface area contributed by atoms with E-state index in [2.05, 4.69) is 43.1 Å². The highest BCUT2D eigenvalue weighted by molar-refractivity contribution is 6.29. The van der Waals surface area contributed by atoms with E-state index in [1.54, 1.807) is 0 Å². The Morgan fingerprint density at radius 3 is 2.81 bits per heavy atom. The Labute approximate surface area is 130 Å². The van der Waals surface area contributed by atoms with Crippen LogP contribution in [0.4, 0.5) is 0 Å². The fourth-order valence-electron chi connectivity index (χ4n) is 2.61. The van der Waals surface area contributed by atoms with Crippen molar-refractivity contribution in [3.63, 3.8) is 0 Å². The van der Waals surface area contributed by atoms with Crippen molar-refractivity contribution in [3.8, 4) is 5.75 Å². The first-order valence-electron chi connectivity index (χ1n) is 7.39. The second kappa shape index (κ2) is 6.08. The second-order valence-electron chi connectivity index (χ2n) is 5.67. The first kappa shape index (κ1) is 14.4. The second-order valence-corrected chi connectivity index (χ2v) is 6.21. The lowest BCUT2D eigenvalue weighted by Gasteiger charge is -2.20. The third-order valence-electron chi connectivity index (χ3n) is 3.81. The summed E-state index contributed by atoms with van der Waals surface area (Å²) in [5.41, 5.74) is 1.18. The van der Waals surface area contributed by atoms with E-state index in [9.17, 15) is 0 Å². The van der Waals surface area contributed by atoms with Crippen LogP contribution >= 0.6 is 11.6 Å². The molecular weight excluding hydrogens is 282 g/mol. The third kappa shape index (κ3) is 3.39. The zero-order valence-corrected chi connectivity index (χ0v) is 13.0. The molecule has 1 N–H and O–H groups in total. The summed E-state index contributed by atoms with van der Waals surface area (Å²) in [5, 5.41) is 6.44. The maximum atomic E-state index is 5.96. The lowest BCUT2D eigenvalue weighted by molar-refractivity contribution is 0.355. The van der Waals surface area contributed by atoms with Crippen LogP contribution in [0.5, 0.6) is 5.75 Å². The number of halogens is 1. The molecule has 3 rings (SSSR count). The number of fused-ring (bicyclic) bond motifs is 1. The van der Waals surface area contributed by atoms with Crippen LogP contribution in [0.3, 0.4) is 0 Å². The minimum atomic E-state index is 0.265. The van der Waals surface area contributed by atoms with E-state index in [1.165, 1.54) is 23.8 Å². The Balaban J connectivity index is 1.99. The highest BCUT2D eigenvalue weighted by Crippen LogP contribution is 2.35. The van der Waals surface area contributed by atoms with Crippen molar-refractivity contribution in [2.45, 2.75) is 31.8 Å². The maximum absolute atomic E-state index is 5.96. The van der Waals surface area contributed by atoms with E-state index in [0.29, 0.717) is 17.7 Å². The predicted octanol–water partition coefficient (Wildman–Crippen LogP) is 4.78. The number of nitrogens with one attached hydrogen (secondary N) is 1. The lowest BCUT2D eigenvalue weighted by atomic mass is 10.0. The number of hydrogen-bond acceptors (Lipinski definition) is 2. The summed E-state index contributed by atoms with van der Waals surface area (Å²) in [6.07, 6.45) is 2.54. The van der Waals surface area contributed by atoms with Gasteiger partial charge in [0.2, 0.25) is 0 Å². The molecule has 2 aromatic carbocycles. The Bertz CT molecular complexity index is 663. The molecule has 2 aromatic rings. The van der Waals surface area contributed by atoms with E-state index < -0.39 is 0 Å². The van der Waals surface area contributed by atoms with Crippen molar-refractivity contribution in [3.05, 3.63) is 53.6 Å². The van der Waals surface area contributed by atoms with Gasteiger partial charge in [0.1, 0.15) is 12.4 Å². The van der Waals surface area contributed by atoms with Crippen LogP contribution in [-0.2, 0) is 0 Å². The van der Waals surface area contributed by atoms with Crippen molar-refractivity contribution >= 4 is 22.4 Å². The minimum absolute atomic E-state index is 0.265. The summed E-state index contributed by atoms with van der Waals surface area (Å²) in [7, 11) is 0. The molecule has 1 aliphatic rings. The molecule has 2 nitrogen and oxygen atoms in total. The molecule has 0 aromatic heterocycles. The summed E-state index contributed by atoms with van der Waals surface area (Å²) in [4.78, 5) is 0. The minimum Gasteiger partial charge on any atom is -0.487 e. The average Bonchev–Trinajstić information content (AvgIpc) is 3.28. The van der Waals surface area contributed by atoms with Crippen LogP contribution in [0.15, 0.2) is 48.0 Å². The monoisotopic (exact) mass is 301 g/mol. The van der Waals surface area contributed by atoms with Crippen molar-refractivity contribution in [2.75, 3.05) is 6.61 Å². The lowest BCUT2D eigenvalue weighted by Crippen LogP contribution is -2.21. The maximum Gasteiger partial charge on any atom is 0.132 e. The van der Waals surface area contributed by atoms with Crippen molar-refractivity contribution in [1.82, 2.24) is 5.32 Å². The molecule has 1 aliphatic carbocycles. The molecule has 0 aliphatic heterocycles. The van der Waals surface area contributed by atoms with Gasteiger partial charge >= 0.3 is 0 Å². The summed E-state index contributed by atoms with van der Waals surface area (Å²) < 4.78 is 5.96. The van der Waals surface area contributed by atoms with Crippen molar-refractivity contribution in [1.29, 1.82) is 0 Å². The van der Waals surface area contributed by atoms with Gasteiger partial charge in [0, 0.05) is 28.1 Å². The fourth-order valence-corrected chi connectivity index (χ4v) is 2.66. The Morgan fingerprint density at radius 1 is 1.33 bits per heavy atom. The Kier molecular flexibility index (Phi) is 4.18. The van der Waals surface area contributed by atoms with Crippen molar-refractivity contribution < 1.29 is 4.74 Å². The van der Waals surface area contributed by atoms with Gasteiger partial charge in [-0.25, -0.2) is 0 Å². The Morgan fingerprint density at radius 2 is 2.10 bits per heavy atom. The van der Waals surface area contributed by atoms with Gasteiger partial charge in [0.15, 0.2) is 0 Å². The van der Waals surface area contributed by atoms with Gasteiger partial charge < -0.3 is 10.1 Å². The summed E-state index contributed by atoms with van der Waals surface area (Å²) in [5.74, 6) is 0.913. The number of benzene rings is 2. The van der Waals surface area contributed by atoms with Gasteiger partial charge in [-0.3, -0.25) is 0 Å². The Hall–Kier alpha value is -1.51. The topological polar surface area (TPSA) is 21.3 Å². The van der Waals surface area contributed by atoms with Gasteiger partial charge in [-0.15, -0.1) is 0 Å². The van der Waals surface area contributed by atoms with E-state index in [4.69, 9.17) is 16.3 Å². The van der Waals surface area contributed by atoms with Crippen LogP contribution < -0.4 is 10.1 Å². The average molecular weight is 302 g/mol. The molecule has 1 saturated carbocycles. The highest BCUT2D eigenvalue weighted by atomic mass is 35.5. The molecule has 0 bridgehead atoms. The first-order valence-corrected chi connectivity index (χ1v) is 7.76. The smallest absolute Gasteiger partial charge is 0.132 e. The summed E-state index contributed by atoms with van der Waals surface area (Å²) in [6.45, 7) is 6.23. The van der Waals surface area contributed by atoms with Gasteiger partial charge in [0.05, 0.1) is 0 Å². The van der Waals surface area contributed by atoms with Crippen LogP contribution in [0.25, 0.3) is 10.8 Å². The normalized spacial score (nSPS) is 15.9. The van der Waals surface area contributed by atoms with Gasteiger partial charge in [-0.1, -0.05) is 54.6 Å². The molecule has 0 spiro atoms. The van der Waals surface area contributed by atoms with E-state index >= 15 is 0 Å². The summed E-state index contributed by atoms with van der Waals surface area (Å²) >= 11 is 5.87. The quantitative estimate of drug-likeness (QED) is 0.828. The van der Waals surface area contributed by atoms with Crippen LogP contribution in [0.2, 0.25) is 0 Å². The summed E-state index contributed by atoms with van der Waals surface area (Å²) in [6, 6.07) is 13.5. The zero-order valence-electron chi connectivity index (χ0n) is 12.2. The van der Waals surface area contributed by atoms with E-state index in [0.717, 1.165) is 11.1 Å². The van der Waals surface area contributed by atoms with Gasteiger partial charge in [-0.05, 0) is 25.2 Å². The third-order valence-corrected chi connectivity index (χ3v) is 3.92. The molecule has 3 heteroatoms. The molecule has 0 saturated heterocycles. The molecule has 0 amide bonds. The molecule has 1 atom stereocenters. The number of rotatable bonds is 6. The number of ether oxygens (including phenoxy) is 1. The van der Waals surface area contributed by atoms with Gasteiger partial charge in [-0.2, -0.15) is 0 Å². The predicted molar refractivity (Wildman–Crippen MR) is 89.0 cm³/mol.